The number of nitrogens with zero attached hydrogens (tertiary/aromatic N) is 1. The average molecular weight is 377 g/mol. The van der Waals surface area contributed by atoms with Crippen molar-refractivity contribution in [2.45, 2.75) is 0 Å². The number of carbonyl (C=O) groups is 1. The third-order valence-corrected chi connectivity index (χ3v) is 3.83. The summed E-state index contributed by atoms with van der Waals surface area (Å²) in [7, 11) is 3.03. The fourth-order valence-corrected chi connectivity index (χ4v) is 2.48. The molecule has 0 bridgehead atoms. The maximum Gasteiger partial charge on any atom is 0.266 e. The van der Waals surface area contributed by atoms with Gasteiger partial charge in [-0.2, -0.15) is 5.26 Å². The smallest absolute Gasteiger partial charge is 0.266 e. The Hall–Kier alpha value is -2.68. The van der Waals surface area contributed by atoms with Crippen LogP contribution in [-0.4, -0.2) is 20.1 Å². The predicted molar refractivity (Wildman–Crippen MR) is 98.2 cm³/mol. The molecule has 0 spiro atoms. The molecule has 0 aliphatic rings. The molecule has 0 heterocycles. The molecule has 0 atom stereocenters. The lowest BCUT2D eigenvalue weighted by Gasteiger charge is -2.09. The molecule has 0 saturated heterocycles. The molecule has 0 aromatic heterocycles. The molecule has 1 N–H and O–H groups in total. The van der Waals surface area contributed by atoms with Gasteiger partial charge in [0.25, 0.3) is 5.91 Å². The van der Waals surface area contributed by atoms with Gasteiger partial charge < -0.3 is 14.8 Å². The lowest BCUT2D eigenvalue weighted by atomic mass is 10.1. The van der Waals surface area contributed by atoms with Crippen molar-refractivity contribution in [1.29, 1.82) is 5.26 Å². The molecule has 2 aromatic carbocycles. The Balaban J connectivity index is 2.31. The Labute approximate surface area is 155 Å². The largest absolute Gasteiger partial charge is 0.497 e. The molecular weight excluding hydrogens is 363 g/mol. The summed E-state index contributed by atoms with van der Waals surface area (Å²) in [5.74, 6) is 0.485. The summed E-state index contributed by atoms with van der Waals surface area (Å²) in [6.45, 7) is 0. The lowest BCUT2D eigenvalue weighted by molar-refractivity contribution is -0.112. The topological polar surface area (TPSA) is 71.3 Å². The number of amides is 1. The lowest BCUT2D eigenvalue weighted by Crippen LogP contribution is -2.13. The van der Waals surface area contributed by atoms with Crippen molar-refractivity contribution in [2.75, 3.05) is 19.5 Å². The summed E-state index contributed by atoms with van der Waals surface area (Å²) < 4.78 is 10.4. The molecule has 0 aliphatic carbocycles. The van der Waals surface area contributed by atoms with Crippen LogP contribution in [0, 0.1) is 11.3 Å². The summed E-state index contributed by atoms with van der Waals surface area (Å²) in [6, 6.07) is 11.6. The zero-order chi connectivity index (χ0) is 18.4. The van der Waals surface area contributed by atoms with E-state index in [9.17, 15) is 10.1 Å². The van der Waals surface area contributed by atoms with Gasteiger partial charge in [-0.25, -0.2) is 0 Å². The average Bonchev–Trinajstić information content (AvgIpc) is 2.61. The van der Waals surface area contributed by atoms with E-state index in [1.165, 1.54) is 26.4 Å². The number of nitrogens with one attached hydrogen (secondary N) is 1. The second-order valence-electron chi connectivity index (χ2n) is 4.86. The van der Waals surface area contributed by atoms with Crippen LogP contribution in [0.2, 0.25) is 10.0 Å². The van der Waals surface area contributed by atoms with Crippen LogP contribution in [0.15, 0.2) is 42.0 Å². The van der Waals surface area contributed by atoms with Gasteiger partial charge in [0.1, 0.15) is 23.1 Å². The molecule has 1 amide bonds. The molecule has 0 unspecified atom stereocenters. The Morgan fingerprint density at radius 1 is 1.16 bits per heavy atom. The number of hydrogen-bond donors (Lipinski definition) is 1. The molecule has 0 fully saturated rings. The number of halogens is 2. The second kappa shape index (κ2) is 8.43. The molecule has 0 saturated carbocycles. The Morgan fingerprint density at radius 2 is 1.92 bits per heavy atom. The highest BCUT2D eigenvalue weighted by atomic mass is 35.5. The number of nitriles is 1. The summed E-state index contributed by atoms with van der Waals surface area (Å²) in [5.41, 5.74) is 0.825. The van der Waals surface area contributed by atoms with Gasteiger partial charge in [0, 0.05) is 16.7 Å². The van der Waals surface area contributed by atoms with E-state index < -0.39 is 5.91 Å². The Kier molecular flexibility index (Phi) is 6.29. The minimum Gasteiger partial charge on any atom is -0.497 e. The number of hydrogen-bond acceptors (Lipinski definition) is 4. The summed E-state index contributed by atoms with van der Waals surface area (Å²) in [4.78, 5) is 12.3. The highest BCUT2D eigenvalue weighted by molar-refractivity contribution is 6.36. The molecule has 7 heteroatoms. The molecule has 2 aromatic rings. The first-order valence-corrected chi connectivity index (χ1v) is 7.84. The zero-order valence-electron chi connectivity index (χ0n) is 13.5. The minimum absolute atomic E-state index is 0.102. The maximum absolute atomic E-state index is 12.3. The molecule has 5 nitrogen and oxygen atoms in total. The summed E-state index contributed by atoms with van der Waals surface area (Å²) in [5, 5.41) is 12.6. The van der Waals surface area contributed by atoms with Crippen LogP contribution in [0.5, 0.6) is 11.5 Å². The first-order chi connectivity index (χ1) is 12.0. The standard InChI is InChI=1S/C18H14Cl2N2O3/c1-24-14-5-3-11(17(9-14)25-2)7-12(10-21)18(23)22-16-6-4-13(19)8-15(16)20/h3-9H,1-2H3,(H,22,23)/b12-7+. The molecule has 0 aliphatic heterocycles. The van der Waals surface area contributed by atoms with Crippen molar-refractivity contribution in [1.82, 2.24) is 0 Å². The van der Waals surface area contributed by atoms with Gasteiger partial charge in [-0.3, -0.25) is 4.79 Å². The Bertz CT molecular complexity index is 873. The van der Waals surface area contributed by atoms with E-state index in [-0.39, 0.29) is 10.6 Å². The van der Waals surface area contributed by atoms with E-state index in [1.54, 1.807) is 30.3 Å². The van der Waals surface area contributed by atoms with E-state index in [2.05, 4.69) is 5.32 Å². The fourth-order valence-electron chi connectivity index (χ4n) is 2.02. The molecule has 128 valence electrons. The van der Waals surface area contributed by atoms with Gasteiger partial charge in [-0.1, -0.05) is 23.2 Å². The van der Waals surface area contributed by atoms with Crippen LogP contribution in [0.25, 0.3) is 6.08 Å². The summed E-state index contributed by atoms with van der Waals surface area (Å²) >= 11 is 11.9. The quantitative estimate of drug-likeness (QED) is 0.613. The van der Waals surface area contributed by atoms with Crippen LogP contribution in [-0.2, 0) is 4.79 Å². The van der Waals surface area contributed by atoms with E-state index in [4.69, 9.17) is 32.7 Å². The monoisotopic (exact) mass is 376 g/mol. The number of ether oxygens (including phenoxy) is 2. The highest BCUT2D eigenvalue weighted by Crippen LogP contribution is 2.28. The van der Waals surface area contributed by atoms with E-state index >= 15 is 0 Å². The predicted octanol–water partition coefficient (Wildman–Crippen LogP) is 4.56. The number of benzene rings is 2. The summed E-state index contributed by atoms with van der Waals surface area (Å²) in [6.07, 6.45) is 1.43. The first-order valence-electron chi connectivity index (χ1n) is 7.08. The normalized spacial score (nSPS) is 10.8. The van der Waals surface area contributed by atoms with Gasteiger partial charge >= 0.3 is 0 Å². The Morgan fingerprint density at radius 3 is 2.52 bits per heavy atom. The number of methoxy groups -OCH3 is 2. The van der Waals surface area contributed by atoms with Crippen LogP contribution in [0.3, 0.4) is 0 Å². The third-order valence-electron chi connectivity index (χ3n) is 3.28. The third kappa shape index (κ3) is 4.66. The molecule has 2 rings (SSSR count). The van der Waals surface area contributed by atoms with Gasteiger partial charge in [0.05, 0.1) is 24.9 Å². The number of carbonyl (C=O) groups excluding carboxylic acids is 1. The zero-order valence-corrected chi connectivity index (χ0v) is 15.0. The molecule has 25 heavy (non-hydrogen) atoms. The second-order valence-corrected chi connectivity index (χ2v) is 5.70. The van der Waals surface area contributed by atoms with Crippen molar-refractivity contribution < 1.29 is 14.3 Å². The fraction of sp³-hybridized carbons (Fsp3) is 0.111. The van der Waals surface area contributed by atoms with Crippen LogP contribution in [0.1, 0.15) is 5.56 Å². The molecule has 0 radical (unpaired) electrons. The van der Waals surface area contributed by atoms with Crippen molar-refractivity contribution in [3.63, 3.8) is 0 Å². The van der Waals surface area contributed by atoms with E-state index in [0.717, 1.165) is 0 Å². The maximum atomic E-state index is 12.3. The number of anilines is 1. The number of rotatable bonds is 5. The van der Waals surface area contributed by atoms with Crippen LogP contribution < -0.4 is 14.8 Å². The van der Waals surface area contributed by atoms with Crippen molar-refractivity contribution in [3.8, 4) is 17.6 Å². The van der Waals surface area contributed by atoms with Gasteiger partial charge in [0.2, 0.25) is 0 Å². The van der Waals surface area contributed by atoms with Gasteiger partial charge in [0.15, 0.2) is 0 Å². The first kappa shape index (κ1) is 18.7. The van der Waals surface area contributed by atoms with Crippen LogP contribution in [0.4, 0.5) is 5.69 Å². The minimum atomic E-state index is -0.593. The van der Waals surface area contributed by atoms with Crippen molar-refractivity contribution >= 4 is 40.9 Å². The molecular formula is C18H14Cl2N2O3. The van der Waals surface area contributed by atoms with Crippen LogP contribution >= 0.6 is 23.2 Å². The highest BCUT2D eigenvalue weighted by Gasteiger charge is 2.13. The van der Waals surface area contributed by atoms with Gasteiger partial charge in [-0.15, -0.1) is 0 Å². The van der Waals surface area contributed by atoms with Crippen molar-refractivity contribution in [2.24, 2.45) is 0 Å². The van der Waals surface area contributed by atoms with E-state index in [0.29, 0.717) is 27.8 Å². The van der Waals surface area contributed by atoms with E-state index in [1.807, 2.05) is 6.07 Å². The van der Waals surface area contributed by atoms with Gasteiger partial charge in [-0.05, 0) is 36.4 Å². The van der Waals surface area contributed by atoms with Crippen molar-refractivity contribution in [3.05, 3.63) is 57.6 Å². The SMILES string of the molecule is COc1ccc(/C=C(\C#N)C(=O)Nc2ccc(Cl)cc2Cl)c(OC)c1.